The van der Waals surface area contributed by atoms with Crippen LogP contribution in [0.1, 0.15) is 25.3 Å². The second-order valence-electron chi connectivity index (χ2n) is 10.8. The summed E-state index contributed by atoms with van der Waals surface area (Å²) in [6.45, 7) is 6.03. The molecule has 0 saturated carbocycles. The van der Waals surface area contributed by atoms with E-state index >= 15 is 0 Å². The molecule has 11 nitrogen and oxygen atoms in total. The lowest BCUT2D eigenvalue weighted by molar-refractivity contribution is -0.136. The monoisotopic (exact) mass is 626 g/mol. The highest BCUT2D eigenvalue weighted by Gasteiger charge is 2.36. The standard InChI is InChI=1S/C28H37F3N6O5S/c1-18(17-40-2)33-23-15-25(35-27-26(23)21(16-32-27)28(29,30)31)34-22-5-4-20(14-24(22)41-3)43(38,39)37-8-6-19(7-9-37)36-10-12-42-13-11-36/h4-5,14-16,18-19H,6-13,17H2,1-3H3,(H3,32,33,34,35)/t18-/m1/s1. The number of halogens is 3. The molecule has 0 spiro atoms. The third-order valence-electron chi connectivity index (χ3n) is 7.83. The Kier molecular flexibility index (Phi) is 9.37. The Balaban J connectivity index is 1.37. The molecule has 4 heterocycles. The maximum Gasteiger partial charge on any atom is 0.418 e. The van der Waals surface area contributed by atoms with E-state index in [4.69, 9.17) is 14.2 Å². The quantitative estimate of drug-likeness (QED) is 0.303. The van der Waals surface area contributed by atoms with Crippen LogP contribution in [-0.4, -0.2) is 99.9 Å². The van der Waals surface area contributed by atoms with Crippen molar-refractivity contribution in [3.05, 3.63) is 36.0 Å². The van der Waals surface area contributed by atoms with Gasteiger partial charge in [0, 0.05) is 69.4 Å². The van der Waals surface area contributed by atoms with Gasteiger partial charge >= 0.3 is 6.18 Å². The van der Waals surface area contributed by atoms with Crippen molar-refractivity contribution in [1.29, 1.82) is 0 Å². The van der Waals surface area contributed by atoms with E-state index in [1.807, 2.05) is 0 Å². The first-order chi connectivity index (χ1) is 20.5. The number of methoxy groups -OCH3 is 2. The molecule has 0 bridgehead atoms. The number of sulfonamides is 1. The molecule has 0 aliphatic carbocycles. The molecule has 2 aliphatic heterocycles. The lowest BCUT2D eigenvalue weighted by Gasteiger charge is -2.39. The van der Waals surface area contributed by atoms with Crippen molar-refractivity contribution >= 4 is 38.2 Å². The largest absolute Gasteiger partial charge is 0.495 e. The van der Waals surface area contributed by atoms with E-state index < -0.39 is 21.8 Å². The molecule has 1 aromatic carbocycles. The Labute approximate surface area is 248 Å². The number of aromatic amines is 1. The Morgan fingerprint density at radius 3 is 2.49 bits per heavy atom. The van der Waals surface area contributed by atoms with E-state index in [0.29, 0.717) is 38.0 Å². The van der Waals surface area contributed by atoms with Gasteiger partial charge in [0.2, 0.25) is 10.0 Å². The summed E-state index contributed by atoms with van der Waals surface area (Å²) in [5.74, 6) is 0.477. The van der Waals surface area contributed by atoms with Gasteiger partial charge in [0.25, 0.3) is 0 Å². The van der Waals surface area contributed by atoms with Crippen molar-refractivity contribution in [2.24, 2.45) is 0 Å². The number of rotatable bonds is 10. The highest BCUT2D eigenvalue weighted by Crippen LogP contribution is 2.40. The zero-order valence-corrected chi connectivity index (χ0v) is 25.1. The molecule has 15 heteroatoms. The van der Waals surface area contributed by atoms with Gasteiger partial charge in [-0.3, -0.25) is 4.90 Å². The van der Waals surface area contributed by atoms with E-state index in [0.717, 1.165) is 32.1 Å². The molecule has 236 valence electrons. The molecule has 2 aliphatic rings. The van der Waals surface area contributed by atoms with Crippen LogP contribution in [0.2, 0.25) is 0 Å². The lowest BCUT2D eigenvalue weighted by atomic mass is 10.0. The number of morpholine rings is 1. The fourth-order valence-electron chi connectivity index (χ4n) is 5.71. The molecule has 5 rings (SSSR count). The van der Waals surface area contributed by atoms with Crippen LogP contribution in [0.4, 0.5) is 30.4 Å². The molecule has 3 N–H and O–H groups in total. The maximum atomic E-state index is 13.7. The summed E-state index contributed by atoms with van der Waals surface area (Å²) in [6.07, 6.45) is -2.20. The van der Waals surface area contributed by atoms with Crippen LogP contribution in [0.25, 0.3) is 11.0 Å². The van der Waals surface area contributed by atoms with Crippen LogP contribution >= 0.6 is 0 Å². The van der Waals surface area contributed by atoms with Crippen LogP contribution < -0.4 is 15.4 Å². The molecule has 0 radical (unpaired) electrons. The summed E-state index contributed by atoms with van der Waals surface area (Å²) in [7, 11) is -0.845. The number of hydrogen-bond acceptors (Lipinski definition) is 9. The molecule has 2 fully saturated rings. The Morgan fingerprint density at radius 1 is 1.12 bits per heavy atom. The first kappa shape index (κ1) is 31.3. The number of alkyl halides is 3. The third kappa shape index (κ3) is 6.85. The summed E-state index contributed by atoms with van der Waals surface area (Å²) < 4.78 is 85.9. The fourth-order valence-corrected chi connectivity index (χ4v) is 7.19. The van der Waals surface area contributed by atoms with Crippen LogP contribution in [0, 0.1) is 0 Å². The Hall–Kier alpha value is -3.11. The second-order valence-corrected chi connectivity index (χ2v) is 12.7. The molecule has 1 atom stereocenters. The van der Waals surface area contributed by atoms with E-state index in [9.17, 15) is 21.6 Å². The number of H-pyrrole nitrogens is 1. The molecular formula is C28H37F3N6O5S. The van der Waals surface area contributed by atoms with Crippen LogP contribution in [-0.2, 0) is 25.7 Å². The highest BCUT2D eigenvalue weighted by atomic mass is 32.2. The Morgan fingerprint density at radius 2 is 1.84 bits per heavy atom. The predicted octanol–water partition coefficient (Wildman–Crippen LogP) is 4.27. The van der Waals surface area contributed by atoms with Crippen LogP contribution in [0.15, 0.2) is 35.4 Å². The third-order valence-corrected chi connectivity index (χ3v) is 9.72. The van der Waals surface area contributed by atoms with Gasteiger partial charge in [-0.05, 0) is 31.9 Å². The zero-order chi connectivity index (χ0) is 30.8. The average Bonchev–Trinajstić information content (AvgIpc) is 3.43. The van der Waals surface area contributed by atoms with Gasteiger partial charge in [-0.15, -0.1) is 0 Å². The molecule has 0 amide bonds. The number of nitrogens with one attached hydrogen (secondary N) is 3. The van der Waals surface area contributed by atoms with E-state index in [1.54, 1.807) is 13.0 Å². The summed E-state index contributed by atoms with van der Waals surface area (Å²) in [6, 6.07) is 6.01. The zero-order valence-electron chi connectivity index (χ0n) is 24.3. The summed E-state index contributed by atoms with van der Waals surface area (Å²) in [4.78, 5) is 9.44. The first-order valence-corrected chi connectivity index (χ1v) is 15.6. The number of hydrogen-bond donors (Lipinski definition) is 3. The van der Waals surface area contributed by atoms with Crippen LogP contribution in [0.5, 0.6) is 5.75 Å². The van der Waals surface area contributed by atoms with E-state index in [2.05, 4.69) is 25.5 Å². The van der Waals surface area contributed by atoms with Crippen molar-refractivity contribution in [2.75, 3.05) is 70.9 Å². The minimum Gasteiger partial charge on any atom is -0.495 e. The van der Waals surface area contributed by atoms with Crippen molar-refractivity contribution < 1.29 is 35.8 Å². The molecule has 2 saturated heterocycles. The van der Waals surface area contributed by atoms with Gasteiger partial charge in [0.05, 0.1) is 48.5 Å². The van der Waals surface area contributed by atoms with Crippen molar-refractivity contribution in [3.8, 4) is 5.75 Å². The number of pyridine rings is 1. The topological polar surface area (TPSA) is 121 Å². The van der Waals surface area contributed by atoms with Gasteiger partial charge in [0.15, 0.2) is 0 Å². The maximum absolute atomic E-state index is 13.7. The fraction of sp³-hybridized carbons (Fsp3) is 0.536. The minimum atomic E-state index is -4.59. The molecule has 0 unspecified atom stereocenters. The van der Waals surface area contributed by atoms with Gasteiger partial charge < -0.3 is 29.8 Å². The lowest BCUT2D eigenvalue weighted by Crippen LogP contribution is -2.50. The average molecular weight is 627 g/mol. The highest BCUT2D eigenvalue weighted by molar-refractivity contribution is 7.89. The number of piperidine rings is 1. The molecular weight excluding hydrogens is 589 g/mol. The molecule has 43 heavy (non-hydrogen) atoms. The number of nitrogens with zero attached hydrogens (tertiary/aromatic N) is 3. The van der Waals surface area contributed by atoms with E-state index in [-0.39, 0.29) is 45.8 Å². The number of aromatic nitrogens is 2. The number of ether oxygens (including phenoxy) is 3. The van der Waals surface area contributed by atoms with Crippen molar-refractivity contribution in [2.45, 2.75) is 42.9 Å². The normalized spacial score (nSPS) is 18.6. The van der Waals surface area contributed by atoms with Gasteiger partial charge in [-0.1, -0.05) is 0 Å². The molecule has 2 aromatic heterocycles. The molecule has 3 aromatic rings. The van der Waals surface area contributed by atoms with E-state index in [1.165, 1.54) is 36.7 Å². The minimum absolute atomic E-state index is 0.0306. The van der Waals surface area contributed by atoms with Crippen molar-refractivity contribution in [3.63, 3.8) is 0 Å². The second kappa shape index (κ2) is 12.9. The van der Waals surface area contributed by atoms with Gasteiger partial charge in [-0.25, -0.2) is 13.4 Å². The van der Waals surface area contributed by atoms with Crippen LogP contribution in [0.3, 0.4) is 0 Å². The SMILES string of the molecule is COC[C@@H](C)Nc1cc(Nc2ccc(S(=O)(=O)N3CCC(N4CCOCC4)CC3)cc2OC)nc2[nH]cc(C(F)(F)F)c12. The first-order valence-electron chi connectivity index (χ1n) is 14.1. The number of fused-ring (bicyclic) bond motifs is 1. The summed E-state index contributed by atoms with van der Waals surface area (Å²) in [5.41, 5.74) is -0.194. The summed E-state index contributed by atoms with van der Waals surface area (Å²) >= 11 is 0. The predicted molar refractivity (Wildman–Crippen MR) is 157 cm³/mol. The smallest absolute Gasteiger partial charge is 0.418 e. The Bertz CT molecular complexity index is 1520. The van der Waals surface area contributed by atoms with Gasteiger partial charge in [0.1, 0.15) is 17.2 Å². The number of benzene rings is 1. The van der Waals surface area contributed by atoms with Gasteiger partial charge in [-0.2, -0.15) is 17.5 Å². The summed E-state index contributed by atoms with van der Waals surface area (Å²) in [5, 5.41) is 6.06. The van der Waals surface area contributed by atoms with Crippen molar-refractivity contribution in [1.82, 2.24) is 19.2 Å². The number of anilines is 3.